The molecule has 0 amide bonds. The summed E-state index contributed by atoms with van der Waals surface area (Å²) in [5, 5.41) is 2.74. The first kappa shape index (κ1) is 8.16. The van der Waals surface area contributed by atoms with Crippen molar-refractivity contribution in [1.82, 2.24) is 5.32 Å². The van der Waals surface area contributed by atoms with E-state index in [4.69, 9.17) is 0 Å². The van der Waals surface area contributed by atoms with Crippen LogP contribution in [0.3, 0.4) is 0 Å². The molecule has 0 aromatic rings. The van der Waals surface area contributed by atoms with E-state index in [1.54, 1.807) is 37.0 Å². The lowest BCUT2D eigenvalue weighted by Gasteiger charge is -2.03. The molecule has 3 nitrogen and oxygen atoms in total. The molecule has 0 aromatic carbocycles. The van der Waals surface area contributed by atoms with Crippen LogP contribution in [0.4, 0.5) is 0 Å². The number of likely N-dealkylation sites (N-methyl/N-ethyl adjacent to an activating group) is 1. The van der Waals surface area contributed by atoms with Gasteiger partial charge in [-0.25, -0.2) is 4.79 Å². The van der Waals surface area contributed by atoms with E-state index in [0.717, 1.165) is 0 Å². The smallest absolute Gasteiger partial charge is 0.332 e. The van der Waals surface area contributed by atoms with E-state index in [2.05, 4.69) is 8.38 Å². The van der Waals surface area contributed by atoms with Gasteiger partial charge in [-0.05, 0) is 14.0 Å². The van der Waals surface area contributed by atoms with Gasteiger partial charge in [-0.15, -0.1) is 0 Å². The van der Waals surface area contributed by atoms with Crippen LogP contribution in [0.2, 0.25) is 0 Å². The number of hydrogen-bond acceptors (Lipinski definition) is 3. The largest absolute Gasteiger partial charge is 0.393 e. The molecule has 0 saturated carbocycles. The van der Waals surface area contributed by atoms with Gasteiger partial charge in [-0.3, -0.25) is 0 Å². The molecule has 0 spiro atoms. The summed E-state index contributed by atoms with van der Waals surface area (Å²) in [4.78, 5) is 10.5. The van der Waals surface area contributed by atoms with Crippen molar-refractivity contribution in [2.24, 2.45) is 0 Å². The molecule has 1 unspecified atom stereocenters. The average Bonchev–Trinajstić information content (AvgIpc) is 1.84. The van der Waals surface area contributed by atoms with Crippen molar-refractivity contribution in [3.63, 3.8) is 0 Å². The molecule has 1 N–H and O–H groups in total. The summed E-state index contributed by atoms with van der Waals surface area (Å²) in [6.07, 6.45) is 0. The molecule has 0 saturated heterocycles. The lowest BCUT2D eigenvalue weighted by molar-refractivity contribution is -0.133. The van der Waals surface area contributed by atoms with Crippen LogP contribution in [0.5, 0.6) is 0 Å². The van der Waals surface area contributed by atoms with Crippen LogP contribution in [0.15, 0.2) is 0 Å². The third-order valence-electron chi connectivity index (χ3n) is 0.863. The van der Waals surface area contributed by atoms with Crippen LogP contribution in [0.25, 0.3) is 0 Å². The van der Waals surface area contributed by atoms with Gasteiger partial charge in [-0.1, -0.05) is 0 Å². The predicted molar refractivity (Wildman–Crippen MR) is 38.6 cm³/mol. The number of rotatable bonds is 2. The third kappa shape index (κ3) is 2.46. The second-order valence-corrected chi connectivity index (χ2v) is 1.85. The number of carbonyl (C=O) groups is 1. The number of halogens is 1. The standard InChI is InChI=1S/C4H8INO2/c1-3(6-2)4(7)8-5/h3,6H,1-2H3. The molecule has 0 aliphatic carbocycles. The van der Waals surface area contributed by atoms with Crippen LogP contribution in [-0.2, 0) is 7.86 Å². The highest BCUT2D eigenvalue weighted by Crippen LogP contribution is 1.91. The first-order chi connectivity index (χ1) is 3.72. The van der Waals surface area contributed by atoms with Gasteiger partial charge >= 0.3 is 5.97 Å². The predicted octanol–water partition coefficient (Wildman–Crippen LogP) is 0.487. The second-order valence-electron chi connectivity index (χ2n) is 1.41. The molecular weight excluding hydrogens is 221 g/mol. The Labute approximate surface area is 62.5 Å². The highest BCUT2D eigenvalue weighted by atomic mass is 127. The minimum absolute atomic E-state index is 0.202. The van der Waals surface area contributed by atoms with E-state index in [0.29, 0.717) is 0 Å². The molecule has 0 aliphatic rings. The van der Waals surface area contributed by atoms with Gasteiger partial charge in [0.25, 0.3) is 0 Å². The molecule has 0 heterocycles. The summed E-state index contributed by atoms with van der Waals surface area (Å²) in [7, 11) is 1.71. The van der Waals surface area contributed by atoms with Crippen LogP contribution in [0.1, 0.15) is 6.92 Å². The van der Waals surface area contributed by atoms with Crippen molar-refractivity contribution < 1.29 is 7.86 Å². The monoisotopic (exact) mass is 229 g/mol. The van der Waals surface area contributed by atoms with Crippen LogP contribution in [0, 0.1) is 0 Å². The van der Waals surface area contributed by atoms with E-state index in [-0.39, 0.29) is 12.0 Å². The van der Waals surface area contributed by atoms with E-state index >= 15 is 0 Å². The lowest BCUT2D eigenvalue weighted by Crippen LogP contribution is -2.30. The third-order valence-corrected chi connectivity index (χ3v) is 1.30. The van der Waals surface area contributed by atoms with Gasteiger partial charge in [0.1, 0.15) is 6.04 Å². The Bertz CT molecular complexity index is 86.1. The van der Waals surface area contributed by atoms with Gasteiger partial charge in [-0.2, -0.15) is 0 Å². The highest BCUT2D eigenvalue weighted by molar-refractivity contribution is 14.1. The van der Waals surface area contributed by atoms with E-state index in [1.165, 1.54) is 0 Å². The lowest BCUT2D eigenvalue weighted by atomic mass is 10.4. The number of carbonyl (C=O) groups excluding carboxylic acids is 1. The highest BCUT2D eigenvalue weighted by Gasteiger charge is 2.08. The fourth-order valence-electron chi connectivity index (χ4n) is 0.185. The summed E-state index contributed by atoms with van der Waals surface area (Å²) >= 11 is 1.56. The van der Waals surface area contributed by atoms with Crippen LogP contribution >= 0.6 is 23.0 Å². The summed E-state index contributed by atoms with van der Waals surface area (Å²) in [6.45, 7) is 1.74. The Morgan fingerprint density at radius 2 is 2.38 bits per heavy atom. The van der Waals surface area contributed by atoms with Gasteiger partial charge in [0, 0.05) is 0 Å². The summed E-state index contributed by atoms with van der Waals surface area (Å²) < 4.78 is 4.37. The maximum atomic E-state index is 10.5. The zero-order valence-corrected chi connectivity index (χ0v) is 6.93. The van der Waals surface area contributed by atoms with Crippen molar-refractivity contribution in [1.29, 1.82) is 0 Å². The minimum atomic E-state index is -0.242. The normalized spacial score (nSPS) is 12.9. The molecule has 0 rings (SSSR count). The zero-order valence-electron chi connectivity index (χ0n) is 4.77. The van der Waals surface area contributed by atoms with E-state index < -0.39 is 0 Å². The van der Waals surface area contributed by atoms with Gasteiger partial charge in [0.15, 0.2) is 23.0 Å². The quantitative estimate of drug-likeness (QED) is 0.700. The van der Waals surface area contributed by atoms with Crippen molar-refractivity contribution >= 4 is 29.0 Å². The Morgan fingerprint density at radius 3 is 2.50 bits per heavy atom. The molecule has 0 radical (unpaired) electrons. The fraction of sp³-hybridized carbons (Fsp3) is 0.750. The maximum Gasteiger partial charge on any atom is 0.332 e. The minimum Gasteiger partial charge on any atom is -0.393 e. The second kappa shape index (κ2) is 4.08. The number of hydrogen-bond donors (Lipinski definition) is 1. The van der Waals surface area contributed by atoms with Crippen LogP contribution in [-0.4, -0.2) is 19.1 Å². The van der Waals surface area contributed by atoms with Crippen molar-refractivity contribution in [3.05, 3.63) is 0 Å². The van der Waals surface area contributed by atoms with Gasteiger partial charge in [0.05, 0.1) is 0 Å². The van der Waals surface area contributed by atoms with Gasteiger partial charge < -0.3 is 8.38 Å². The first-order valence-corrected chi connectivity index (χ1v) is 3.10. The van der Waals surface area contributed by atoms with Gasteiger partial charge in [0.2, 0.25) is 0 Å². The molecule has 4 heteroatoms. The number of nitrogens with one attached hydrogen (secondary N) is 1. The summed E-state index contributed by atoms with van der Waals surface area (Å²) in [5.41, 5.74) is 0. The van der Waals surface area contributed by atoms with Crippen molar-refractivity contribution in [3.8, 4) is 0 Å². The summed E-state index contributed by atoms with van der Waals surface area (Å²) in [6, 6.07) is -0.202. The summed E-state index contributed by atoms with van der Waals surface area (Å²) in [5.74, 6) is -0.242. The zero-order chi connectivity index (χ0) is 6.57. The molecule has 0 aliphatic heterocycles. The Morgan fingerprint density at radius 1 is 1.88 bits per heavy atom. The average molecular weight is 229 g/mol. The first-order valence-electron chi connectivity index (χ1n) is 2.22. The van der Waals surface area contributed by atoms with Crippen molar-refractivity contribution in [2.75, 3.05) is 7.05 Å². The molecule has 8 heavy (non-hydrogen) atoms. The molecule has 0 fully saturated rings. The van der Waals surface area contributed by atoms with Crippen molar-refractivity contribution in [2.45, 2.75) is 13.0 Å². The Balaban J connectivity index is 3.46. The van der Waals surface area contributed by atoms with Crippen LogP contribution < -0.4 is 5.32 Å². The molecule has 0 aromatic heterocycles. The molecule has 0 bridgehead atoms. The van der Waals surface area contributed by atoms with E-state index in [9.17, 15) is 4.79 Å². The van der Waals surface area contributed by atoms with E-state index in [1.807, 2.05) is 0 Å². The molecule has 48 valence electrons. The maximum absolute atomic E-state index is 10.5. The molecular formula is C4H8INO2. The fourth-order valence-corrected chi connectivity index (χ4v) is 0.566. The Kier molecular flexibility index (Phi) is 4.16. The topological polar surface area (TPSA) is 38.3 Å². The molecule has 1 atom stereocenters. The Hall–Kier alpha value is 0.160. The SMILES string of the molecule is CNC(C)C(=O)OI.